The zero-order chi connectivity index (χ0) is 11.9. The number of rotatable bonds is 0. The van der Waals surface area contributed by atoms with E-state index in [-0.39, 0.29) is 18.2 Å². The molecule has 16 heavy (non-hydrogen) atoms. The average Bonchev–Trinajstić information content (AvgIpc) is 2.31. The quantitative estimate of drug-likeness (QED) is 0.682. The van der Waals surface area contributed by atoms with Crippen LogP contribution in [-0.4, -0.2) is 47.9 Å². The van der Waals surface area contributed by atoms with Crippen LogP contribution in [0.15, 0.2) is 0 Å². The van der Waals surface area contributed by atoms with Gasteiger partial charge in [-0.05, 0) is 20.8 Å². The molecular weight excluding hydrogens is 211 g/mol. The van der Waals surface area contributed by atoms with Gasteiger partial charge in [-0.25, -0.2) is 9.18 Å². The third kappa shape index (κ3) is 2.14. The molecule has 4 nitrogen and oxygen atoms in total. The van der Waals surface area contributed by atoms with Crippen molar-refractivity contribution >= 4 is 6.09 Å². The summed E-state index contributed by atoms with van der Waals surface area (Å²) in [6.45, 7) is 6.65. The molecule has 1 amide bonds. The predicted octanol–water partition coefficient (Wildman–Crippen LogP) is 1.31. The summed E-state index contributed by atoms with van der Waals surface area (Å²) in [5.74, 6) is 0. The van der Waals surface area contributed by atoms with Gasteiger partial charge in [0.1, 0.15) is 11.8 Å². The lowest BCUT2D eigenvalue weighted by molar-refractivity contribution is 0.00730. The fourth-order valence-corrected chi connectivity index (χ4v) is 2.38. The maximum atomic E-state index is 13.6. The number of amides is 1. The third-order valence-electron chi connectivity index (χ3n) is 3.00. The Morgan fingerprint density at radius 2 is 2.12 bits per heavy atom. The van der Waals surface area contributed by atoms with E-state index >= 15 is 0 Å². The van der Waals surface area contributed by atoms with Crippen LogP contribution >= 0.6 is 0 Å². The van der Waals surface area contributed by atoms with E-state index in [9.17, 15) is 9.18 Å². The van der Waals surface area contributed by atoms with E-state index in [1.54, 1.807) is 4.90 Å². The summed E-state index contributed by atoms with van der Waals surface area (Å²) in [7, 11) is 0. The lowest BCUT2D eigenvalue weighted by Gasteiger charge is -2.36. The lowest BCUT2D eigenvalue weighted by Crippen LogP contribution is -2.56. The molecule has 92 valence electrons. The van der Waals surface area contributed by atoms with Crippen LogP contribution in [0.2, 0.25) is 0 Å². The second-order valence-electron chi connectivity index (χ2n) is 5.52. The van der Waals surface area contributed by atoms with E-state index in [1.807, 2.05) is 20.8 Å². The Kier molecular flexibility index (Phi) is 2.82. The molecule has 2 aliphatic heterocycles. The van der Waals surface area contributed by atoms with Gasteiger partial charge in [0.2, 0.25) is 0 Å². The number of alkyl halides is 1. The van der Waals surface area contributed by atoms with Crippen molar-refractivity contribution in [2.45, 2.75) is 51.0 Å². The zero-order valence-electron chi connectivity index (χ0n) is 10.00. The molecule has 2 heterocycles. The minimum atomic E-state index is -0.924. The molecule has 0 spiro atoms. The first kappa shape index (κ1) is 11.6. The van der Waals surface area contributed by atoms with Crippen molar-refractivity contribution in [3.63, 3.8) is 0 Å². The first-order valence-corrected chi connectivity index (χ1v) is 5.74. The van der Waals surface area contributed by atoms with Crippen LogP contribution in [0.1, 0.15) is 27.2 Å². The molecule has 0 aromatic carbocycles. The molecule has 0 unspecified atom stereocenters. The number of ether oxygens (including phenoxy) is 1. The monoisotopic (exact) mass is 230 g/mol. The van der Waals surface area contributed by atoms with Crippen molar-refractivity contribution in [3.8, 4) is 0 Å². The molecule has 5 heteroatoms. The number of carbonyl (C=O) groups is 1. The highest BCUT2D eigenvalue weighted by Crippen LogP contribution is 2.30. The highest BCUT2D eigenvalue weighted by Gasteiger charge is 2.47. The minimum absolute atomic E-state index is 0.0522. The zero-order valence-corrected chi connectivity index (χ0v) is 10.00. The van der Waals surface area contributed by atoms with Gasteiger partial charge in [0.15, 0.2) is 0 Å². The molecule has 0 aliphatic carbocycles. The Morgan fingerprint density at radius 3 is 2.69 bits per heavy atom. The van der Waals surface area contributed by atoms with Crippen molar-refractivity contribution < 1.29 is 13.9 Å². The number of hydrogen-bond acceptors (Lipinski definition) is 3. The standard InChI is InChI=1S/C11H19FN2O2/c1-11(2,3)16-10(15)14-7-4-8(12)9(14)6-13-5-7/h7-9,13H,4-6H2,1-3H3/t7-,8+,9-/m1/s1. The maximum absolute atomic E-state index is 13.6. The molecule has 2 saturated heterocycles. The highest BCUT2D eigenvalue weighted by atomic mass is 19.1. The first-order valence-electron chi connectivity index (χ1n) is 5.74. The SMILES string of the molecule is CC(C)(C)OC(=O)N1[C@H]2CNC[C@@H]1[C@@H](F)C2. The van der Waals surface area contributed by atoms with E-state index in [0.29, 0.717) is 19.5 Å². The topological polar surface area (TPSA) is 41.6 Å². The van der Waals surface area contributed by atoms with E-state index in [1.165, 1.54) is 0 Å². The van der Waals surface area contributed by atoms with Crippen LogP contribution in [0.5, 0.6) is 0 Å². The number of nitrogens with one attached hydrogen (secondary N) is 1. The Morgan fingerprint density at radius 1 is 1.44 bits per heavy atom. The van der Waals surface area contributed by atoms with E-state index in [2.05, 4.69) is 5.32 Å². The molecule has 0 saturated carbocycles. The van der Waals surface area contributed by atoms with Crippen molar-refractivity contribution in [3.05, 3.63) is 0 Å². The molecule has 0 aromatic rings. The molecule has 2 rings (SSSR count). The van der Waals surface area contributed by atoms with Crippen molar-refractivity contribution in [1.29, 1.82) is 0 Å². The number of carbonyl (C=O) groups excluding carboxylic acids is 1. The summed E-state index contributed by atoms with van der Waals surface area (Å²) in [4.78, 5) is 13.5. The van der Waals surface area contributed by atoms with E-state index in [4.69, 9.17) is 4.74 Å². The summed E-state index contributed by atoms with van der Waals surface area (Å²) in [5, 5.41) is 3.14. The predicted molar refractivity (Wildman–Crippen MR) is 58.0 cm³/mol. The summed E-state index contributed by atoms with van der Waals surface area (Å²) in [6.07, 6.45) is -0.881. The van der Waals surface area contributed by atoms with Gasteiger partial charge in [-0.2, -0.15) is 0 Å². The summed E-state index contributed by atoms with van der Waals surface area (Å²) < 4.78 is 18.9. The Balaban J connectivity index is 2.07. The molecular formula is C11H19FN2O2. The van der Waals surface area contributed by atoms with Crippen LogP contribution in [-0.2, 0) is 4.74 Å². The van der Waals surface area contributed by atoms with Crippen LogP contribution in [0, 0.1) is 0 Å². The van der Waals surface area contributed by atoms with Gasteiger partial charge < -0.3 is 10.1 Å². The van der Waals surface area contributed by atoms with Gasteiger partial charge in [0, 0.05) is 19.5 Å². The largest absolute Gasteiger partial charge is 0.444 e. The Labute approximate surface area is 95.1 Å². The average molecular weight is 230 g/mol. The summed E-state index contributed by atoms with van der Waals surface area (Å²) >= 11 is 0. The van der Waals surface area contributed by atoms with Gasteiger partial charge in [0.25, 0.3) is 0 Å². The highest BCUT2D eigenvalue weighted by molar-refractivity contribution is 5.70. The molecule has 0 radical (unpaired) electrons. The van der Waals surface area contributed by atoms with Crippen LogP contribution in [0.3, 0.4) is 0 Å². The maximum Gasteiger partial charge on any atom is 0.410 e. The number of nitrogens with zero attached hydrogens (tertiary/aromatic N) is 1. The van der Waals surface area contributed by atoms with Gasteiger partial charge in [-0.1, -0.05) is 0 Å². The van der Waals surface area contributed by atoms with Crippen LogP contribution in [0.25, 0.3) is 0 Å². The summed E-state index contributed by atoms with van der Waals surface area (Å²) in [6, 6.07) is -0.405. The Bertz CT molecular complexity index is 290. The molecule has 0 aromatic heterocycles. The van der Waals surface area contributed by atoms with Crippen LogP contribution < -0.4 is 5.32 Å². The van der Waals surface area contributed by atoms with Crippen molar-refractivity contribution in [2.24, 2.45) is 0 Å². The smallest absolute Gasteiger partial charge is 0.410 e. The molecule has 3 atom stereocenters. The van der Waals surface area contributed by atoms with E-state index in [0.717, 1.165) is 0 Å². The number of halogens is 1. The summed E-state index contributed by atoms with van der Waals surface area (Å²) in [5.41, 5.74) is -0.521. The molecule has 2 aliphatic rings. The number of hydrogen-bond donors (Lipinski definition) is 1. The molecule has 2 fully saturated rings. The molecule has 2 bridgehead atoms. The van der Waals surface area contributed by atoms with E-state index < -0.39 is 11.8 Å². The third-order valence-corrected chi connectivity index (χ3v) is 3.00. The van der Waals surface area contributed by atoms with Crippen molar-refractivity contribution in [1.82, 2.24) is 10.2 Å². The van der Waals surface area contributed by atoms with Gasteiger partial charge in [-0.3, -0.25) is 4.90 Å². The van der Waals surface area contributed by atoms with Gasteiger partial charge in [-0.15, -0.1) is 0 Å². The second kappa shape index (κ2) is 3.87. The number of piperazine rings is 1. The minimum Gasteiger partial charge on any atom is -0.444 e. The fraction of sp³-hybridized carbons (Fsp3) is 0.909. The first-order chi connectivity index (χ1) is 7.38. The second-order valence-corrected chi connectivity index (χ2v) is 5.52. The normalized spacial score (nSPS) is 34.0. The fourth-order valence-electron chi connectivity index (χ4n) is 2.38. The van der Waals surface area contributed by atoms with Gasteiger partial charge >= 0.3 is 6.09 Å². The van der Waals surface area contributed by atoms with Crippen molar-refractivity contribution in [2.75, 3.05) is 13.1 Å². The number of fused-ring (bicyclic) bond motifs is 2. The van der Waals surface area contributed by atoms with Crippen LogP contribution in [0.4, 0.5) is 9.18 Å². The molecule has 1 N–H and O–H groups in total. The van der Waals surface area contributed by atoms with Gasteiger partial charge in [0.05, 0.1) is 12.1 Å². The Hall–Kier alpha value is -0.840. The lowest BCUT2D eigenvalue weighted by atomic mass is 10.2.